The van der Waals surface area contributed by atoms with Gasteiger partial charge in [0.25, 0.3) is 0 Å². The molecule has 0 N–H and O–H groups in total. The zero-order valence-electron chi connectivity index (χ0n) is 19.3. The van der Waals surface area contributed by atoms with Crippen molar-refractivity contribution >= 4 is 23.6 Å². The Balaban J connectivity index is 1.93. The lowest BCUT2D eigenvalue weighted by Gasteiger charge is -2.28. The summed E-state index contributed by atoms with van der Waals surface area (Å²) < 4.78 is 16.2. The minimum atomic E-state index is -0.614. The number of benzene rings is 1. The second-order valence-corrected chi connectivity index (χ2v) is 9.63. The van der Waals surface area contributed by atoms with Crippen LogP contribution in [0.1, 0.15) is 70.3 Å². The van der Waals surface area contributed by atoms with Gasteiger partial charge in [-0.1, -0.05) is 18.7 Å². The summed E-state index contributed by atoms with van der Waals surface area (Å²) in [7, 11) is 0. The zero-order chi connectivity index (χ0) is 23.4. The quantitative estimate of drug-likeness (QED) is 0.385. The Morgan fingerprint density at radius 2 is 1.52 bits per heavy atom. The van der Waals surface area contributed by atoms with Gasteiger partial charge in [-0.2, -0.15) is 0 Å². The van der Waals surface area contributed by atoms with Gasteiger partial charge < -0.3 is 19.1 Å². The molecule has 0 spiro atoms. The van der Waals surface area contributed by atoms with E-state index in [1.165, 1.54) is 0 Å². The van der Waals surface area contributed by atoms with Gasteiger partial charge in [-0.3, -0.25) is 0 Å². The molecule has 31 heavy (non-hydrogen) atoms. The highest BCUT2D eigenvalue weighted by atomic mass is 16.6. The molecule has 0 aliphatic carbocycles. The average molecular weight is 432 g/mol. The first-order valence-electron chi connectivity index (χ1n) is 10.5. The summed E-state index contributed by atoms with van der Waals surface area (Å²) in [6.45, 7) is 15.3. The van der Waals surface area contributed by atoms with Crippen molar-refractivity contribution in [1.82, 2.24) is 4.90 Å². The van der Waals surface area contributed by atoms with Crippen LogP contribution in [0.4, 0.5) is 4.79 Å². The molecule has 1 heterocycles. The van der Waals surface area contributed by atoms with E-state index in [-0.39, 0.29) is 18.2 Å². The van der Waals surface area contributed by atoms with E-state index in [2.05, 4.69) is 6.58 Å². The van der Waals surface area contributed by atoms with Crippen LogP contribution < -0.4 is 0 Å². The van der Waals surface area contributed by atoms with E-state index in [1.807, 2.05) is 20.8 Å². The molecule has 1 atom stereocenters. The monoisotopic (exact) mass is 431 g/mol. The lowest BCUT2D eigenvalue weighted by atomic mass is 10.1. The highest BCUT2D eigenvalue weighted by Gasteiger charge is 2.33. The number of nitrogens with zero attached hydrogens (tertiary/aromatic N) is 1. The van der Waals surface area contributed by atoms with Gasteiger partial charge in [0.2, 0.25) is 0 Å². The van der Waals surface area contributed by atoms with Crippen molar-refractivity contribution in [1.29, 1.82) is 0 Å². The van der Waals surface area contributed by atoms with E-state index in [0.717, 1.165) is 12.8 Å². The van der Waals surface area contributed by atoms with Crippen molar-refractivity contribution in [3.8, 4) is 0 Å². The molecule has 1 aliphatic heterocycles. The van der Waals surface area contributed by atoms with E-state index >= 15 is 0 Å². The lowest BCUT2D eigenvalue weighted by Crippen LogP contribution is -2.42. The molecule has 0 unspecified atom stereocenters. The van der Waals surface area contributed by atoms with Gasteiger partial charge in [-0.25, -0.2) is 14.4 Å². The van der Waals surface area contributed by atoms with Crippen molar-refractivity contribution in [2.24, 2.45) is 0 Å². The number of carbonyl (C=O) groups is 3. The van der Waals surface area contributed by atoms with Gasteiger partial charge >= 0.3 is 18.0 Å². The second-order valence-electron chi connectivity index (χ2n) is 9.63. The lowest BCUT2D eigenvalue weighted by molar-refractivity contribution is -0.147. The molecule has 0 bridgehead atoms. The van der Waals surface area contributed by atoms with Gasteiger partial charge in [-0.15, -0.1) is 0 Å². The van der Waals surface area contributed by atoms with Crippen LogP contribution in [0.3, 0.4) is 0 Å². The Labute approximate surface area is 184 Å². The fourth-order valence-corrected chi connectivity index (χ4v) is 3.09. The Morgan fingerprint density at radius 3 is 2.06 bits per heavy atom. The normalized spacial score (nSPS) is 16.6. The number of carbonyl (C=O) groups excluding carboxylic acids is 3. The number of likely N-dealkylation sites (tertiary alicyclic amines) is 1. The highest BCUT2D eigenvalue weighted by Crippen LogP contribution is 2.22. The summed E-state index contributed by atoms with van der Waals surface area (Å²) in [5, 5.41) is 0. The summed E-state index contributed by atoms with van der Waals surface area (Å²) in [4.78, 5) is 38.5. The number of amides is 1. The fraction of sp³-hybridized carbons (Fsp3) is 0.542. The van der Waals surface area contributed by atoms with Gasteiger partial charge in [0.1, 0.15) is 17.8 Å². The van der Waals surface area contributed by atoms with Crippen LogP contribution in [-0.4, -0.2) is 53.3 Å². The molecule has 1 fully saturated rings. The van der Waals surface area contributed by atoms with Crippen molar-refractivity contribution in [2.45, 2.75) is 71.6 Å². The first-order valence-corrected chi connectivity index (χ1v) is 10.5. The van der Waals surface area contributed by atoms with E-state index in [9.17, 15) is 14.4 Å². The molecule has 0 saturated carbocycles. The molecule has 1 aromatic carbocycles. The minimum absolute atomic E-state index is 0.102. The molecular weight excluding hydrogens is 398 g/mol. The van der Waals surface area contributed by atoms with Crippen molar-refractivity contribution in [3.63, 3.8) is 0 Å². The first kappa shape index (κ1) is 24.4. The van der Waals surface area contributed by atoms with E-state index in [4.69, 9.17) is 14.2 Å². The van der Waals surface area contributed by atoms with Crippen LogP contribution >= 0.6 is 0 Å². The topological polar surface area (TPSA) is 82.1 Å². The van der Waals surface area contributed by atoms with Crippen LogP contribution in [-0.2, 0) is 19.0 Å². The summed E-state index contributed by atoms with van der Waals surface area (Å²) in [6.07, 6.45) is 1.19. The van der Waals surface area contributed by atoms with Gasteiger partial charge in [0, 0.05) is 6.54 Å². The predicted molar refractivity (Wildman–Crippen MR) is 118 cm³/mol. The molecule has 7 nitrogen and oxygen atoms in total. The third kappa shape index (κ3) is 7.42. The molecule has 2 rings (SSSR count). The second kappa shape index (κ2) is 9.54. The average Bonchev–Trinajstić information content (AvgIpc) is 3.11. The maximum atomic E-state index is 12.4. The Hall–Kier alpha value is -2.83. The summed E-state index contributed by atoms with van der Waals surface area (Å²) in [5.41, 5.74) is -0.0579. The SMILES string of the molecule is C=C(C(=O)OC(C)(C)C)c1ccc(C(=O)OC[C@@H]2CCCN2C(=O)OC(C)(C)C)cc1. The molecule has 0 radical (unpaired) electrons. The summed E-state index contributed by atoms with van der Waals surface area (Å²) in [5.74, 6) is -1.00. The molecule has 1 aliphatic rings. The molecule has 1 amide bonds. The van der Waals surface area contributed by atoms with E-state index < -0.39 is 29.2 Å². The predicted octanol–water partition coefficient (Wildman–Crippen LogP) is 4.60. The maximum Gasteiger partial charge on any atom is 0.410 e. The Bertz CT molecular complexity index is 829. The Kier molecular flexibility index (Phi) is 7.52. The molecule has 170 valence electrons. The number of hydrogen-bond acceptors (Lipinski definition) is 6. The standard InChI is InChI=1S/C24H33NO6/c1-16(20(26)30-23(2,3)4)17-10-12-18(13-11-17)21(27)29-15-19-9-8-14-25(19)22(28)31-24(5,6)7/h10-13,19H,1,8-9,14-15H2,2-7H3/t19-/m0/s1. The smallest absolute Gasteiger partial charge is 0.410 e. The highest BCUT2D eigenvalue weighted by molar-refractivity contribution is 6.15. The number of esters is 2. The maximum absolute atomic E-state index is 12.4. The third-order valence-corrected chi connectivity index (χ3v) is 4.53. The number of ether oxygens (including phenoxy) is 3. The molecular formula is C24H33NO6. The number of hydrogen-bond donors (Lipinski definition) is 0. The number of rotatable bonds is 5. The van der Waals surface area contributed by atoms with Gasteiger partial charge in [0.05, 0.1) is 17.2 Å². The molecule has 1 aromatic rings. The first-order chi connectivity index (χ1) is 14.3. The van der Waals surface area contributed by atoms with Crippen LogP contribution in [0.15, 0.2) is 30.8 Å². The Morgan fingerprint density at radius 1 is 0.968 bits per heavy atom. The van der Waals surface area contributed by atoms with E-state index in [1.54, 1.807) is 49.9 Å². The van der Waals surface area contributed by atoms with Crippen LogP contribution in [0.5, 0.6) is 0 Å². The van der Waals surface area contributed by atoms with Gasteiger partial charge in [0.15, 0.2) is 0 Å². The summed E-state index contributed by atoms with van der Waals surface area (Å²) in [6, 6.07) is 6.21. The fourth-order valence-electron chi connectivity index (χ4n) is 3.09. The van der Waals surface area contributed by atoms with Crippen LogP contribution in [0.2, 0.25) is 0 Å². The van der Waals surface area contributed by atoms with E-state index in [0.29, 0.717) is 17.7 Å². The summed E-state index contributed by atoms with van der Waals surface area (Å²) >= 11 is 0. The minimum Gasteiger partial charge on any atom is -0.460 e. The third-order valence-electron chi connectivity index (χ3n) is 4.53. The van der Waals surface area contributed by atoms with Crippen LogP contribution in [0.25, 0.3) is 5.57 Å². The van der Waals surface area contributed by atoms with Crippen molar-refractivity contribution in [3.05, 3.63) is 42.0 Å². The van der Waals surface area contributed by atoms with Crippen molar-refractivity contribution < 1.29 is 28.6 Å². The molecule has 0 aromatic heterocycles. The molecule has 1 saturated heterocycles. The van der Waals surface area contributed by atoms with Gasteiger partial charge in [-0.05, 0) is 72.1 Å². The zero-order valence-corrected chi connectivity index (χ0v) is 19.3. The largest absolute Gasteiger partial charge is 0.460 e. The molecule has 7 heteroatoms. The van der Waals surface area contributed by atoms with Crippen LogP contribution in [0, 0.1) is 0 Å². The van der Waals surface area contributed by atoms with Crippen molar-refractivity contribution in [2.75, 3.05) is 13.2 Å².